The highest BCUT2D eigenvalue weighted by atomic mass is 19.3. The summed E-state index contributed by atoms with van der Waals surface area (Å²) in [6.07, 6.45) is -1.37. The van der Waals surface area contributed by atoms with E-state index in [9.17, 15) is 13.6 Å². The van der Waals surface area contributed by atoms with Crippen molar-refractivity contribution in [1.82, 2.24) is 0 Å². The third-order valence-corrected chi connectivity index (χ3v) is 0.809. The molecule has 47 valence electrons. The summed E-state index contributed by atoms with van der Waals surface area (Å²) in [5.74, 6) is 0. The summed E-state index contributed by atoms with van der Waals surface area (Å²) in [7, 11) is 0. The molecule has 0 aromatic heterocycles. The molecule has 0 saturated heterocycles. The minimum atomic E-state index is -2.61. The third-order valence-electron chi connectivity index (χ3n) is 0.809. The first-order valence-corrected chi connectivity index (χ1v) is 2.18. The molecule has 0 unspecified atom stereocenters. The molecule has 0 atom stereocenters. The van der Waals surface area contributed by atoms with Gasteiger partial charge in [0.1, 0.15) is 0 Å². The van der Waals surface area contributed by atoms with Crippen LogP contribution in [0.5, 0.6) is 0 Å². The van der Waals surface area contributed by atoms with Crippen LogP contribution in [0.4, 0.5) is 8.78 Å². The maximum absolute atomic E-state index is 11.6. The number of rotatable bonds is 2. The van der Waals surface area contributed by atoms with Crippen LogP contribution in [-0.2, 0) is 4.79 Å². The van der Waals surface area contributed by atoms with Crippen LogP contribution in [0.2, 0.25) is 0 Å². The fourth-order valence-corrected chi connectivity index (χ4v) is 0.0445. The van der Waals surface area contributed by atoms with Crippen molar-refractivity contribution in [3.63, 3.8) is 0 Å². The number of carbonyl (C=O) groups excluding carboxylic acids is 1. The number of hydrogen-bond donors (Lipinski definition) is 0. The quantitative estimate of drug-likeness (QED) is 0.539. The lowest BCUT2D eigenvalue weighted by Crippen LogP contribution is -2.22. The summed E-state index contributed by atoms with van der Waals surface area (Å²) >= 11 is 0. The Hall–Kier alpha value is -0.470. The van der Waals surface area contributed by atoms with Gasteiger partial charge in [-0.15, -0.1) is 0 Å². The number of halogens is 2. The largest absolute Gasteiger partial charge is 0.290 e. The van der Waals surface area contributed by atoms with Crippen molar-refractivity contribution in [2.45, 2.75) is 20.3 Å². The van der Waals surface area contributed by atoms with E-state index in [1.54, 1.807) is 0 Å². The van der Waals surface area contributed by atoms with Crippen molar-refractivity contribution in [3.05, 3.63) is 0 Å². The standard InChI is InChI=1S/C5H7F2O/c1-5(2,3-8)4(6)7/h4H,1-2H3. The zero-order valence-electron chi connectivity index (χ0n) is 4.74. The molecule has 1 nitrogen and oxygen atoms in total. The molecule has 3 heteroatoms. The van der Waals surface area contributed by atoms with Crippen LogP contribution in [0, 0.1) is 5.41 Å². The molecule has 0 fully saturated rings. The fourth-order valence-electron chi connectivity index (χ4n) is 0.0445. The molecular formula is C5H7F2O. The molecule has 0 aliphatic heterocycles. The van der Waals surface area contributed by atoms with E-state index in [1.807, 2.05) is 0 Å². The molecule has 0 spiro atoms. The SMILES string of the molecule is CC(C)([C]=O)C(F)F. The van der Waals surface area contributed by atoms with Crippen LogP contribution in [0.25, 0.3) is 0 Å². The second-order valence-electron chi connectivity index (χ2n) is 2.12. The molecule has 8 heavy (non-hydrogen) atoms. The van der Waals surface area contributed by atoms with Crippen molar-refractivity contribution in [1.29, 1.82) is 0 Å². The van der Waals surface area contributed by atoms with Gasteiger partial charge < -0.3 is 0 Å². The van der Waals surface area contributed by atoms with Crippen LogP contribution in [0.3, 0.4) is 0 Å². The zero-order valence-corrected chi connectivity index (χ0v) is 4.74. The summed E-state index contributed by atoms with van der Waals surface area (Å²) in [6, 6.07) is 0. The molecule has 0 amide bonds. The highest BCUT2D eigenvalue weighted by Crippen LogP contribution is 2.20. The van der Waals surface area contributed by atoms with E-state index < -0.39 is 11.8 Å². The van der Waals surface area contributed by atoms with Gasteiger partial charge in [0.25, 0.3) is 6.43 Å². The van der Waals surface area contributed by atoms with E-state index in [0.29, 0.717) is 0 Å². The maximum atomic E-state index is 11.6. The van der Waals surface area contributed by atoms with E-state index in [2.05, 4.69) is 0 Å². The van der Waals surface area contributed by atoms with Crippen molar-refractivity contribution < 1.29 is 13.6 Å². The molecule has 0 aliphatic rings. The molecule has 0 heterocycles. The predicted molar refractivity (Wildman–Crippen MR) is 25.5 cm³/mol. The molecule has 0 aromatic carbocycles. The van der Waals surface area contributed by atoms with Crippen LogP contribution < -0.4 is 0 Å². The Morgan fingerprint density at radius 3 is 1.88 bits per heavy atom. The molecule has 0 saturated carbocycles. The van der Waals surface area contributed by atoms with Gasteiger partial charge in [-0.25, -0.2) is 8.78 Å². The first-order chi connectivity index (χ1) is 3.50. The molecule has 0 bridgehead atoms. The second kappa shape index (κ2) is 2.20. The second-order valence-corrected chi connectivity index (χ2v) is 2.12. The Kier molecular flexibility index (Phi) is 2.07. The van der Waals surface area contributed by atoms with Gasteiger partial charge >= 0.3 is 0 Å². The molecule has 1 radical (unpaired) electrons. The minimum Gasteiger partial charge on any atom is -0.290 e. The Morgan fingerprint density at radius 2 is 1.88 bits per heavy atom. The van der Waals surface area contributed by atoms with Gasteiger partial charge in [0.15, 0.2) is 0 Å². The molecule has 0 N–H and O–H groups in total. The third kappa shape index (κ3) is 1.56. The molecule has 0 aliphatic carbocycles. The monoisotopic (exact) mass is 121 g/mol. The van der Waals surface area contributed by atoms with Crippen LogP contribution in [0.1, 0.15) is 13.8 Å². The minimum absolute atomic E-state index is 1.14. The first kappa shape index (κ1) is 7.53. The lowest BCUT2D eigenvalue weighted by molar-refractivity contribution is 0.0614. The highest BCUT2D eigenvalue weighted by molar-refractivity contribution is 5.59. The van der Waals surface area contributed by atoms with Crippen LogP contribution in [-0.4, -0.2) is 12.7 Å². The van der Waals surface area contributed by atoms with Crippen molar-refractivity contribution in [2.75, 3.05) is 0 Å². The summed E-state index contributed by atoms with van der Waals surface area (Å²) in [5.41, 5.74) is -1.60. The van der Waals surface area contributed by atoms with Crippen LogP contribution >= 0.6 is 0 Å². The van der Waals surface area contributed by atoms with E-state index in [-0.39, 0.29) is 0 Å². The highest BCUT2D eigenvalue weighted by Gasteiger charge is 2.29. The predicted octanol–water partition coefficient (Wildman–Crippen LogP) is 1.39. The Balaban J connectivity index is 3.90. The fraction of sp³-hybridized carbons (Fsp3) is 0.800. The maximum Gasteiger partial charge on any atom is 0.250 e. The average molecular weight is 121 g/mol. The zero-order chi connectivity index (χ0) is 6.78. The summed E-state index contributed by atoms with van der Waals surface area (Å²) in [6.45, 7) is 2.29. The van der Waals surface area contributed by atoms with Gasteiger partial charge in [-0.3, -0.25) is 4.79 Å². The summed E-state index contributed by atoms with van der Waals surface area (Å²) in [4.78, 5) is 9.66. The smallest absolute Gasteiger partial charge is 0.250 e. The van der Waals surface area contributed by atoms with Crippen molar-refractivity contribution in [3.8, 4) is 0 Å². The van der Waals surface area contributed by atoms with Gasteiger partial charge in [0, 0.05) is 0 Å². The Labute approximate surface area is 46.7 Å². The van der Waals surface area contributed by atoms with Gasteiger partial charge in [-0.1, -0.05) is 0 Å². The average Bonchev–Trinajstić information content (AvgIpc) is 1.67. The first-order valence-electron chi connectivity index (χ1n) is 2.18. The van der Waals surface area contributed by atoms with E-state index in [0.717, 1.165) is 13.8 Å². The van der Waals surface area contributed by atoms with E-state index in [4.69, 9.17) is 0 Å². The van der Waals surface area contributed by atoms with Gasteiger partial charge in [-0.05, 0) is 13.8 Å². The van der Waals surface area contributed by atoms with Gasteiger partial charge in [0.05, 0.1) is 5.41 Å². The van der Waals surface area contributed by atoms with Gasteiger partial charge in [0.2, 0.25) is 6.29 Å². The Morgan fingerprint density at radius 1 is 1.50 bits per heavy atom. The topological polar surface area (TPSA) is 17.1 Å². The molecule has 0 aromatic rings. The van der Waals surface area contributed by atoms with Gasteiger partial charge in [-0.2, -0.15) is 0 Å². The summed E-state index contributed by atoms with van der Waals surface area (Å²) < 4.78 is 23.1. The summed E-state index contributed by atoms with van der Waals surface area (Å²) in [5, 5.41) is 0. The normalized spacial score (nSPS) is 12.1. The van der Waals surface area contributed by atoms with Crippen molar-refractivity contribution in [2.24, 2.45) is 5.41 Å². The Bertz CT molecular complexity index is 88.4. The van der Waals surface area contributed by atoms with Crippen molar-refractivity contribution >= 4 is 6.29 Å². The molecular weight excluding hydrogens is 114 g/mol. The lowest BCUT2D eigenvalue weighted by Gasteiger charge is -2.12. The van der Waals surface area contributed by atoms with E-state index in [1.165, 1.54) is 6.29 Å². The molecule has 0 rings (SSSR count). The number of alkyl halides is 2. The van der Waals surface area contributed by atoms with Crippen LogP contribution in [0.15, 0.2) is 0 Å². The lowest BCUT2D eigenvalue weighted by atomic mass is 9.97. The van der Waals surface area contributed by atoms with E-state index >= 15 is 0 Å². The number of hydrogen-bond acceptors (Lipinski definition) is 1.